The van der Waals surface area contributed by atoms with Crippen LogP contribution in [-0.4, -0.2) is 42.4 Å². The lowest BCUT2D eigenvalue weighted by atomic mass is 10.2. The number of aromatic nitrogens is 2. The quantitative estimate of drug-likeness (QED) is 0.339. The van der Waals surface area contributed by atoms with E-state index in [-0.39, 0.29) is 0 Å². The van der Waals surface area contributed by atoms with Crippen LogP contribution in [0.1, 0.15) is 39.7 Å². The lowest BCUT2D eigenvalue weighted by Gasteiger charge is -2.11. The van der Waals surface area contributed by atoms with Gasteiger partial charge in [0.15, 0.2) is 5.96 Å². The van der Waals surface area contributed by atoms with Gasteiger partial charge in [-0.3, -0.25) is 9.67 Å². The zero-order chi connectivity index (χ0) is 19.1. The first-order valence-corrected chi connectivity index (χ1v) is 8.57. The maximum absolute atomic E-state index is 11.6. The zero-order valence-corrected chi connectivity index (χ0v) is 16.0. The summed E-state index contributed by atoms with van der Waals surface area (Å²) in [4.78, 5) is 15.8. The highest BCUT2D eigenvalue weighted by atomic mass is 16.5. The fraction of sp³-hybridized carbons (Fsp3) is 0.500. The number of hydrogen-bond donors (Lipinski definition) is 2. The molecule has 2 N–H and O–H groups in total. The van der Waals surface area contributed by atoms with Gasteiger partial charge in [-0.2, -0.15) is 5.10 Å². The summed E-state index contributed by atoms with van der Waals surface area (Å²) < 4.78 is 12.3. The minimum Gasteiger partial charge on any atom is -0.465 e. The number of methoxy groups -OCH3 is 1. The number of hydrogen-bond acceptors (Lipinski definition) is 5. The first-order chi connectivity index (χ1) is 12.4. The topological polar surface area (TPSA) is 93.7 Å². The van der Waals surface area contributed by atoms with Crippen LogP contribution in [0.5, 0.6) is 0 Å². The van der Waals surface area contributed by atoms with Gasteiger partial charge in [0, 0.05) is 25.8 Å². The van der Waals surface area contributed by atoms with Crippen LogP contribution in [0.3, 0.4) is 0 Å². The van der Waals surface area contributed by atoms with E-state index in [1.807, 2.05) is 11.6 Å². The van der Waals surface area contributed by atoms with E-state index in [2.05, 4.69) is 33.7 Å². The van der Waals surface area contributed by atoms with Gasteiger partial charge >= 0.3 is 5.97 Å². The second kappa shape index (κ2) is 9.07. The van der Waals surface area contributed by atoms with Gasteiger partial charge < -0.3 is 19.8 Å². The van der Waals surface area contributed by atoms with E-state index in [1.54, 1.807) is 20.0 Å². The molecule has 0 saturated heterocycles. The van der Waals surface area contributed by atoms with Crippen molar-refractivity contribution in [1.82, 2.24) is 20.4 Å². The minimum atomic E-state index is -0.399. The summed E-state index contributed by atoms with van der Waals surface area (Å²) in [7, 11) is 3.06. The Hall–Kier alpha value is -2.77. The molecule has 0 atom stereocenters. The molecule has 8 heteroatoms. The lowest BCUT2D eigenvalue weighted by molar-refractivity contribution is 0.0599. The third kappa shape index (κ3) is 5.11. The zero-order valence-electron chi connectivity index (χ0n) is 16.0. The van der Waals surface area contributed by atoms with Crippen LogP contribution in [0.2, 0.25) is 0 Å². The Balaban J connectivity index is 1.77. The summed E-state index contributed by atoms with van der Waals surface area (Å²) in [6, 6.07) is 3.76. The second-order valence-electron chi connectivity index (χ2n) is 6.03. The number of aliphatic imine (C=N–C) groups is 1. The van der Waals surface area contributed by atoms with E-state index >= 15 is 0 Å². The van der Waals surface area contributed by atoms with Crippen molar-refractivity contribution >= 4 is 11.9 Å². The van der Waals surface area contributed by atoms with Crippen LogP contribution >= 0.6 is 0 Å². The Kier molecular flexibility index (Phi) is 6.82. The van der Waals surface area contributed by atoms with Gasteiger partial charge in [-0.1, -0.05) is 0 Å². The molecule has 0 unspecified atom stereocenters. The molecule has 0 aliphatic carbocycles. The van der Waals surface area contributed by atoms with Gasteiger partial charge in [0.05, 0.1) is 19.3 Å². The predicted molar refractivity (Wildman–Crippen MR) is 99.3 cm³/mol. The van der Waals surface area contributed by atoms with Crippen LogP contribution in [0.4, 0.5) is 0 Å². The van der Waals surface area contributed by atoms with Crippen LogP contribution in [-0.2, 0) is 17.8 Å². The van der Waals surface area contributed by atoms with Gasteiger partial charge in [0.25, 0.3) is 0 Å². The van der Waals surface area contributed by atoms with Crippen LogP contribution in [0, 0.1) is 20.8 Å². The summed E-state index contributed by atoms with van der Waals surface area (Å²) in [6.45, 7) is 7.83. The van der Waals surface area contributed by atoms with Crippen LogP contribution in [0.25, 0.3) is 0 Å². The average Bonchev–Trinajstić information content (AvgIpc) is 3.14. The average molecular weight is 361 g/mol. The lowest BCUT2D eigenvalue weighted by Crippen LogP contribution is -2.37. The van der Waals surface area contributed by atoms with Gasteiger partial charge in [-0.25, -0.2) is 4.79 Å². The molecule has 0 aromatic carbocycles. The number of nitrogens with zero attached hydrogens (tertiary/aromatic N) is 3. The first kappa shape index (κ1) is 19.6. The molecule has 2 aromatic heterocycles. The number of esters is 1. The third-order valence-corrected chi connectivity index (χ3v) is 3.97. The fourth-order valence-electron chi connectivity index (χ4n) is 2.67. The van der Waals surface area contributed by atoms with Gasteiger partial charge in [0.1, 0.15) is 17.1 Å². The van der Waals surface area contributed by atoms with E-state index in [9.17, 15) is 4.79 Å². The summed E-state index contributed by atoms with van der Waals surface area (Å²) in [5.41, 5.74) is 2.64. The van der Waals surface area contributed by atoms with Crippen LogP contribution in [0.15, 0.2) is 21.5 Å². The molecule has 142 valence electrons. The summed E-state index contributed by atoms with van der Waals surface area (Å²) in [5.74, 6) is 1.46. The molecule has 0 aliphatic rings. The smallest absolute Gasteiger partial charge is 0.341 e. The predicted octanol–water partition coefficient (Wildman–Crippen LogP) is 1.94. The second-order valence-corrected chi connectivity index (χ2v) is 6.03. The van der Waals surface area contributed by atoms with Gasteiger partial charge in [-0.15, -0.1) is 0 Å². The summed E-state index contributed by atoms with van der Waals surface area (Å²) >= 11 is 0. The Morgan fingerprint density at radius 3 is 2.69 bits per heavy atom. The van der Waals surface area contributed by atoms with E-state index in [4.69, 9.17) is 9.15 Å². The van der Waals surface area contributed by atoms with E-state index in [1.165, 1.54) is 12.8 Å². The fourth-order valence-corrected chi connectivity index (χ4v) is 2.67. The molecule has 0 fully saturated rings. The number of furan rings is 1. The molecule has 26 heavy (non-hydrogen) atoms. The molecular weight excluding hydrogens is 334 g/mol. The van der Waals surface area contributed by atoms with Gasteiger partial charge in [-0.05, 0) is 39.3 Å². The number of carbonyl (C=O) groups excluding carboxylic acids is 1. The molecule has 0 radical (unpaired) electrons. The maximum Gasteiger partial charge on any atom is 0.341 e. The molecule has 2 rings (SSSR count). The van der Waals surface area contributed by atoms with Crippen molar-refractivity contribution < 1.29 is 13.9 Å². The van der Waals surface area contributed by atoms with Crippen molar-refractivity contribution in [3.63, 3.8) is 0 Å². The Morgan fingerprint density at radius 2 is 2.08 bits per heavy atom. The van der Waals surface area contributed by atoms with E-state index in [0.29, 0.717) is 29.6 Å². The summed E-state index contributed by atoms with van der Waals surface area (Å²) in [5, 5.41) is 10.9. The highest BCUT2D eigenvalue weighted by Gasteiger charge is 2.15. The molecule has 0 aliphatic heterocycles. The molecule has 0 saturated carbocycles. The highest BCUT2D eigenvalue weighted by Crippen LogP contribution is 2.15. The summed E-state index contributed by atoms with van der Waals surface area (Å²) in [6.07, 6.45) is 0.926. The maximum atomic E-state index is 11.6. The number of aryl methyl sites for hydroxylation is 4. The number of rotatable bonds is 7. The van der Waals surface area contributed by atoms with Crippen molar-refractivity contribution in [2.75, 3.05) is 20.7 Å². The molecule has 0 spiro atoms. The van der Waals surface area contributed by atoms with E-state index < -0.39 is 5.97 Å². The number of carbonyl (C=O) groups is 1. The Labute approximate surface area is 153 Å². The molecular formula is C18H27N5O3. The molecule has 2 heterocycles. The SMILES string of the molecule is CN=C(NCCCn1nc(C)cc1C)NCc1cc(C(=O)OC)c(C)o1. The highest BCUT2D eigenvalue weighted by molar-refractivity contribution is 5.90. The Morgan fingerprint density at radius 1 is 1.31 bits per heavy atom. The molecule has 2 aromatic rings. The van der Waals surface area contributed by atoms with Crippen molar-refractivity contribution in [2.45, 2.75) is 40.3 Å². The Bertz CT molecular complexity index is 776. The van der Waals surface area contributed by atoms with Crippen molar-refractivity contribution in [3.05, 3.63) is 40.6 Å². The molecule has 0 bridgehead atoms. The number of nitrogens with one attached hydrogen (secondary N) is 2. The number of guanidine groups is 1. The van der Waals surface area contributed by atoms with E-state index in [0.717, 1.165) is 25.2 Å². The molecule has 0 amide bonds. The minimum absolute atomic E-state index is 0.399. The monoisotopic (exact) mass is 361 g/mol. The number of ether oxygens (including phenoxy) is 1. The largest absolute Gasteiger partial charge is 0.465 e. The van der Waals surface area contributed by atoms with Crippen molar-refractivity contribution in [2.24, 2.45) is 4.99 Å². The van der Waals surface area contributed by atoms with Crippen LogP contribution < -0.4 is 10.6 Å². The first-order valence-electron chi connectivity index (χ1n) is 8.57. The van der Waals surface area contributed by atoms with Crippen molar-refractivity contribution in [3.8, 4) is 0 Å². The standard InChI is InChI=1S/C18H27N5O3/c1-12-9-13(2)23(22-12)8-6-7-20-18(19-4)21-11-15-10-16(14(3)26-15)17(24)25-5/h9-10H,6-8,11H2,1-5H3,(H2,19,20,21). The van der Waals surface area contributed by atoms with Gasteiger partial charge in [0.2, 0.25) is 0 Å². The van der Waals surface area contributed by atoms with Crippen molar-refractivity contribution in [1.29, 1.82) is 0 Å². The third-order valence-electron chi connectivity index (χ3n) is 3.97. The normalized spacial score (nSPS) is 11.5. The molecule has 8 nitrogen and oxygen atoms in total.